The first kappa shape index (κ1) is 19.9. The SMILES string of the molecule is CC.CCOC(=O)C1=C(CO)NC(=S)NC1c1cc(O)ccc1C. The first-order valence-electron chi connectivity index (χ1n) is 7.86. The van der Waals surface area contributed by atoms with E-state index in [1.54, 1.807) is 25.1 Å². The maximum absolute atomic E-state index is 12.3. The lowest BCUT2D eigenvalue weighted by Crippen LogP contribution is -2.46. The van der Waals surface area contributed by atoms with Crippen molar-refractivity contribution in [2.45, 2.75) is 33.7 Å². The van der Waals surface area contributed by atoms with E-state index in [1.165, 1.54) is 0 Å². The minimum Gasteiger partial charge on any atom is -0.508 e. The maximum atomic E-state index is 12.3. The number of thiocarbonyl (C=S) groups is 1. The van der Waals surface area contributed by atoms with Crippen molar-refractivity contribution in [2.75, 3.05) is 13.2 Å². The Morgan fingerprint density at radius 1 is 1.38 bits per heavy atom. The molecule has 1 heterocycles. The second-order valence-corrected chi connectivity index (χ2v) is 5.25. The number of hydrogen-bond acceptors (Lipinski definition) is 5. The third-order valence-electron chi connectivity index (χ3n) is 3.38. The van der Waals surface area contributed by atoms with Crippen molar-refractivity contribution >= 4 is 23.3 Å². The van der Waals surface area contributed by atoms with Crippen molar-refractivity contribution < 1.29 is 19.7 Å². The molecule has 0 saturated heterocycles. The number of hydrogen-bond donors (Lipinski definition) is 4. The summed E-state index contributed by atoms with van der Waals surface area (Å²) in [6, 6.07) is 4.29. The summed E-state index contributed by atoms with van der Waals surface area (Å²) in [6.07, 6.45) is 0. The van der Waals surface area contributed by atoms with Crippen LogP contribution in [0.4, 0.5) is 0 Å². The van der Waals surface area contributed by atoms with Gasteiger partial charge in [0.25, 0.3) is 0 Å². The molecule has 4 N–H and O–H groups in total. The molecule has 6 nitrogen and oxygen atoms in total. The molecular weight excluding hydrogens is 328 g/mol. The predicted molar refractivity (Wildman–Crippen MR) is 96.5 cm³/mol. The summed E-state index contributed by atoms with van der Waals surface area (Å²) < 4.78 is 5.08. The molecule has 0 fully saturated rings. The number of phenolic OH excluding ortho intramolecular Hbond substituents is 1. The van der Waals surface area contributed by atoms with E-state index < -0.39 is 12.0 Å². The highest BCUT2D eigenvalue weighted by Crippen LogP contribution is 2.31. The molecule has 0 saturated carbocycles. The fourth-order valence-corrected chi connectivity index (χ4v) is 2.61. The van der Waals surface area contributed by atoms with Crippen molar-refractivity contribution in [2.24, 2.45) is 0 Å². The molecular formula is C17H24N2O4S. The molecule has 132 valence electrons. The molecule has 1 aromatic rings. The second-order valence-electron chi connectivity index (χ2n) is 4.84. The summed E-state index contributed by atoms with van der Waals surface area (Å²) >= 11 is 5.12. The van der Waals surface area contributed by atoms with Crippen LogP contribution in [0.1, 0.15) is 37.9 Å². The molecule has 0 bridgehead atoms. The molecule has 7 heteroatoms. The van der Waals surface area contributed by atoms with Gasteiger partial charge < -0.3 is 25.6 Å². The first-order chi connectivity index (χ1) is 11.5. The van der Waals surface area contributed by atoms with Gasteiger partial charge in [0, 0.05) is 0 Å². The van der Waals surface area contributed by atoms with Crippen LogP contribution >= 0.6 is 12.2 Å². The molecule has 0 aliphatic carbocycles. The van der Waals surface area contributed by atoms with Crippen molar-refractivity contribution in [1.82, 2.24) is 10.6 Å². The average molecular weight is 352 g/mol. The quantitative estimate of drug-likeness (QED) is 0.487. The first-order valence-corrected chi connectivity index (χ1v) is 8.26. The molecule has 1 unspecified atom stereocenters. The van der Waals surface area contributed by atoms with Gasteiger partial charge in [0.1, 0.15) is 5.75 Å². The molecule has 0 aromatic heterocycles. The lowest BCUT2D eigenvalue weighted by molar-refractivity contribution is -0.139. The Kier molecular flexibility index (Phi) is 7.67. The van der Waals surface area contributed by atoms with Gasteiger partial charge in [0.2, 0.25) is 0 Å². The maximum Gasteiger partial charge on any atom is 0.338 e. The molecule has 1 aliphatic rings. The summed E-state index contributed by atoms with van der Waals surface area (Å²) in [7, 11) is 0. The Morgan fingerprint density at radius 3 is 2.62 bits per heavy atom. The lowest BCUT2D eigenvalue weighted by Gasteiger charge is -2.31. The highest BCUT2D eigenvalue weighted by atomic mass is 32.1. The van der Waals surface area contributed by atoms with Gasteiger partial charge in [0.15, 0.2) is 5.11 Å². The highest BCUT2D eigenvalue weighted by molar-refractivity contribution is 7.80. The monoisotopic (exact) mass is 352 g/mol. The zero-order chi connectivity index (χ0) is 18.3. The normalized spacial score (nSPS) is 16.5. The highest BCUT2D eigenvalue weighted by Gasteiger charge is 2.33. The second kappa shape index (κ2) is 9.24. The number of phenols is 1. The summed E-state index contributed by atoms with van der Waals surface area (Å²) in [4.78, 5) is 12.3. The van der Waals surface area contributed by atoms with Gasteiger partial charge in [-0.15, -0.1) is 0 Å². The van der Waals surface area contributed by atoms with E-state index in [0.717, 1.165) is 5.56 Å². The van der Waals surface area contributed by atoms with Crippen molar-refractivity contribution in [1.29, 1.82) is 0 Å². The van der Waals surface area contributed by atoms with Crippen LogP contribution in [-0.2, 0) is 9.53 Å². The van der Waals surface area contributed by atoms with Crippen molar-refractivity contribution in [3.05, 3.63) is 40.6 Å². The number of aryl methyl sites for hydroxylation is 1. The van der Waals surface area contributed by atoms with E-state index >= 15 is 0 Å². The number of rotatable bonds is 4. The summed E-state index contributed by atoms with van der Waals surface area (Å²) in [5.74, 6) is -0.456. The molecule has 24 heavy (non-hydrogen) atoms. The number of carbonyl (C=O) groups is 1. The third kappa shape index (κ3) is 4.46. The van der Waals surface area contributed by atoms with E-state index in [0.29, 0.717) is 16.4 Å². The zero-order valence-corrected chi connectivity index (χ0v) is 15.2. The fourth-order valence-electron chi connectivity index (χ4n) is 2.36. The van der Waals surface area contributed by atoms with Gasteiger partial charge in [-0.05, 0) is 49.3 Å². The number of aliphatic hydroxyl groups is 1. The Labute approximate surface area is 147 Å². The Bertz CT molecular complexity index is 643. The predicted octanol–water partition coefficient (Wildman–Crippen LogP) is 2.06. The van der Waals surface area contributed by atoms with E-state index in [9.17, 15) is 15.0 Å². The van der Waals surface area contributed by atoms with E-state index in [2.05, 4.69) is 10.6 Å². The average Bonchev–Trinajstić information content (AvgIpc) is 2.58. The summed E-state index contributed by atoms with van der Waals surface area (Å²) in [6.45, 7) is 7.42. The number of ether oxygens (including phenoxy) is 1. The number of benzene rings is 1. The molecule has 1 aliphatic heterocycles. The molecule has 2 rings (SSSR count). The summed E-state index contributed by atoms with van der Waals surface area (Å²) in [5, 5.41) is 25.3. The summed E-state index contributed by atoms with van der Waals surface area (Å²) in [5.41, 5.74) is 2.12. The Morgan fingerprint density at radius 2 is 2.04 bits per heavy atom. The lowest BCUT2D eigenvalue weighted by atomic mass is 9.92. The van der Waals surface area contributed by atoms with Crippen LogP contribution in [0.3, 0.4) is 0 Å². The molecule has 0 amide bonds. The van der Waals surface area contributed by atoms with Crippen LogP contribution in [0.25, 0.3) is 0 Å². The molecule has 0 radical (unpaired) electrons. The van der Waals surface area contributed by atoms with Crippen LogP contribution in [0, 0.1) is 6.92 Å². The number of esters is 1. The van der Waals surface area contributed by atoms with Crippen LogP contribution in [0.2, 0.25) is 0 Å². The number of carbonyl (C=O) groups excluding carboxylic acids is 1. The van der Waals surface area contributed by atoms with Crippen LogP contribution in [-0.4, -0.2) is 34.5 Å². The van der Waals surface area contributed by atoms with Gasteiger partial charge in [-0.25, -0.2) is 4.79 Å². The molecule has 1 aromatic carbocycles. The topological polar surface area (TPSA) is 90.8 Å². The van der Waals surface area contributed by atoms with Gasteiger partial charge in [-0.1, -0.05) is 19.9 Å². The number of aliphatic hydroxyl groups excluding tert-OH is 1. The van der Waals surface area contributed by atoms with Gasteiger partial charge in [-0.2, -0.15) is 0 Å². The van der Waals surface area contributed by atoms with E-state index in [1.807, 2.05) is 20.8 Å². The Balaban J connectivity index is 0.00000139. The van der Waals surface area contributed by atoms with Gasteiger partial charge in [-0.3, -0.25) is 0 Å². The van der Waals surface area contributed by atoms with Crippen molar-refractivity contribution in [3.63, 3.8) is 0 Å². The fraction of sp³-hybridized carbons (Fsp3) is 0.412. The van der Waals surface area contributed by atoms with E-state index in [4.69, 9.17) is 17.0 Å². The Hall–Kier alpha value is -2.12. The van der Waals surface area contributed by atoms with Crippen LogP contribution < -0.4 is 10.6 Å². The van der Waals surface area contributed by atoms with E-state index in [-0.39, 0.29) is 24.5 Å². The molecule has 1 atom stereocenters. The minimum atomic E-state index is -0.595. The standard InChI is InChI=1S/C15H18N2O4S.C2H6/c1-3-21-14(20)12-11(7-18)16-15(22)17-13(12)10-6-9(19)5-4-8(10)2;1-2/h4-6,13,18-19H,3,7H2,1-2H3,(H2,16,17,22);1-2H3. The van der Waals surface area contributed by atoms with Gasteiger partial charge >= 0.3 is 5.97 Å². The van der Waals surface area contributed by atoms with Crippen LogP contribution in [0.5, 0.6) is 5.75 Å². The van der Waals surface area contributed by atoms with Gasteiger partial charge in [0.05, 0.1) is 30.5 Å². The third-order valence-corrected chi connectivity index (χ3v) is 3.60. The molecule has 0 spiro atoms. The smallest absolute Gasteiger partial charge is 0.338 e. The minimum absolute atomic E-state index is 0.0839. The van der Waals surface area contributed by atoms with Crippen LogP contribution in [0.15, 0.2) is 29.5 Å². The number of nitrogens with one attached hydrogen (secondary N) is 2. The van der Waals surface area contributed by atoms with Crippen molar-refractivity contribution in [3.8, 4) is 5.75 Å². The zero-order valence-electron chi connectivity index (χ0n) is 14.3. The number of aromatic hydroxyl groups is 1. The largest absolute Gasteiger partial charge is 0.508 e.